The Labute approximate surface area is 122 Å². The average molecular weight is 319 g/mol. The number of nitrogens with one attached hydrogen (secondary N) is 1. The maximum absolute atomic E-state index is 10.0. The van der Waals surface area contributed by atoms with Gasteiger partial charge in [-0.2, -0.15) is 21.1 Å². The van der Waals surface area contributed by atoms with E-state index in [9.17, 15) is 10.1 Å². The zero-order chi connectivity index (χ0) is 15.0. The molecule has 20 heavy (non-hydrogen) atoms. The maximum Gasteiger partial charge on any atom is 0.266 e. The van der Waals surface area contributed by atoms with E-state index in [1.807, 2.05) is 0 Å². The number of hydrazone groups is 1. The van der Waals surface area contributed by atoms with E-state index >= 15 is 0 Å². The van der Waals surface area contributed by atoms with Gasteiger partial charge in [-0.05, 0) is 0 Å². The Morgan fingerprint density at radius 1 is 1.50 bits per heavy atom. The summed E-state index contributed by atoms with van der Waals surface area (Å²) in [6, 6.07) is 0. The number of hydrogen-bond acceptors (Lipinski definition) is 7. The number of nitrogens with zero attached hydrogens (tertiary/aromatic N) is 5. The molecule has 0 atom stereocenters. The van der Waals surface area contributed by atoms with Crippen LogP contribution in [0.15, 0.2) is 10.1 Å². The van der Waals surface area contributed by atoms with E-state index in [1.54, 1.807) is 0 Å². The molecule has 0 bridgehead atoms. The molecule has 0 aliphatic carbocycles. The van der Waals surface area contributed by atoms with Crippen molar-refractivity contribution in [1.29, 1.82) is 0 Å². The highest BCUT2D eigenvalue weighted by atomic mass is 32.2. The molecule has 0 aliphatic rings. The highest BCUT2D eigenvalue weighted by molar-refractivity contribution is 7.98. The summed E-state index contributed by atoms with van der Waals surface area (Å²) in [6.45, 7) is 0.443. The molecule has 13 heteroatoms. The molecule has 0 saturated heterocycles. The molecular weight excluding hydrogens is 306 g/mol. The molecule has 0 spiro atoms. The Morgan fingerprint density at radius 3 is 2.90 bits per heavy atom. The quantitative estimate of drug-likeness (QED) is 0.157. The van der Waals surface area contributed by atoms with Crippen LogP contribution in [0.3, 0.4) is 0 Å². The fourth-order valence-corrected chi connectivity index (χ4v) is 2.37. The molecule has 0 aromatic carbocycles. The van der Waals surface area contributed by atoms with Gasteiger partial charge in [0, 0.05) is 23.8 Å². The van der Waals surface area contributed by atoms with Crippen LogP contribution in [-0.2, 0) is 5.75 Å². The van der Waals surface area contributed by atoms with Gasteiger partial charge in [0.05, 0.1) is 5.75 Å². The fourth-order valence-electron chi connectivity index (χ4n) is 0.997. The smallest absolute Gasteiger partial charge is 0.266 e. The second-order valence-electron chi connectivity index (χ2n) is 3.23. The number of nitro groups is 1. The molecular formula is C7H13N9O2S2. The van der Waals surface area contributed by atoms with Gasteiger partial charge in [-0.25, -0.2) is 15.1 Å². The zero-order valence-corrected chi connectivity index (χ0v) is 11.9. The Balaban J connectivity index is 2.23. The van der Waals surface area contributed by atoms with Gasteiger partial charge in [-0.1, -0.05) is 0 Å². The predicted octanol–water partition coefficient (Wildman–Crippen LogP) is -1.23. The number of aliphatic imine (C=N–C) groups is 1. The van der Waals surface area contributed by atoms with Crippen molar-refractivity contribution < 1.29 is 5.03 Å². The van der Waals surface area contributed by atoms with Crippen molar-refractivity contribution in [3.63, 3.8) is 0 Å². The summed E-state index contributed by atoms with van der Waals surface area (Å²) in [6.07, 6.45) is 0. The molecule has 1 aromatic heterocycles. The van der Waals surface area contributed by atoms with Crippen LogP contribution in [0.4, 0.5) is 5.13 Å². The van der Waals surface area contributed by atoms with E-state index in [4.69, 9.17) is 17.2 Å². The number of thioether (sulfide) groups is 1. The largest absolute Gasteiger partial charge is 0.370 e. The highest BCUT2D eigenvalue weighted by Crippen LogP contribution is 2.17. The SMILES string of the molecule is NC(N)=Nc1nc(CSCCN/C(N)=N\[N+](=O)[O-])ns1. The van der Waals surface area contributed by atoms with Crippen LogP contribution >= 0.6 is 23.3 Å². The molecule has 0 amide bonds. The summed E-state index contributed by atoms with van der Waals surface area (Å²) in [5, 5.41) is 15.1. The standard InChI is InChI=1S/C7H13N9O2S2/c8-5(9)13-7-12-4(15-20-7)3-19-2-1-11-6(10)14-16(17)18/h1-3H2,(H3,10,11,14)(H4,8,9,12,13,15). The lowest BCUT2D eigenvalue weighted by Crippen LogP contribution is -2.34. The molecule has 110 valence electrons. The van der Waals surface area contributed by atoms with Crippen LogP contribution in [0.5, 0.6) is 0 Å². The van der Waals surface area contributed by atoms with Crippen molar-refractivity contribution in [3.8, 4) is 0 Å². The molecule has 0 saturated carbocycles. The van der Waals surface area contributed by atoms with E-state index in [-0.39, 0.29) is 11.9 Å². The highest BCUT2D eigenvalue weighted by Gasteiger charge is 2.04. The van der Waals surface area contributed by atoms with Crippen LogP contribution in [0.2, 0.25) is 0 Å². The fraction of sp³-hybridized carbons (Fsp3) is 0.429. The third-order valence-corrected chi connectivity index (χ3v) is 3.26. The molecule has 1 aromatic rings. The third-order valence-electron chi connectivity index (χ3n) is 1.66. The lowest BCUT2D eigenvalue weighted by molar-refractivity contribution is -0.485. The minimum absolute atomic E-state index is 0.0647. The van der Waals surface area contributed by atoms with Crippen LogP contribution in [0.1, 0.15) is 5.82 Å². The van der Waals surface area contributed by atoms with Gasteiger partial charge in [0.1, 0.15) is 5.10 Å². The molecule has 1 heterocycles. The van der Waals surface area contributed by atoms with Crippen LogP contribution in [-0.4, -0.2) is 38.6 Å². The lowest BCUT2D eigenvalue weighted by Gasteiger charge is -2.01. The van der Waals surface area contributed by atoms with Crippen molar-refractivity contribution in [1.82, 2.24) is 14.7 Å². The Morgan fingerprint density at radius 2 is 2.25 bits per heavy atom. The van der Waals surface area contributed by atoms with Gasteiger partial charge in [0.15, 0.2) is 16.8 Å². The normalized spacial score (nSPS) is 11.1. The number of nitrogens with two attached hydrogens (primary N) is 3. The molecule has 0 radical (unpaired) electrons. The van der Waals surface area contributed by atoms with E-state index in [0.717, 1.165) is 11.5 Å². The molecule has 11 nitrogen and oxygen atoms in total. The van der Waals surface area contributed by atoms with Crippen LogP contribution < -0.4 is 22.5 Å². The van der Waals surface area contributed by atoms with Gasteiger partial charge in [-0.3, -0.25) is 0 Å². The first-order valence-electron chi connectivity index (χ1n) is 5.19. The van der Waals surface area contributed by atoms with Crippen LogP contribution in [0.25, 0.3) is 0 Å². The molecule has 1 rings (SSSR count). The zero-order valence-electron chi connectivity index (χ0n) is 10.2. The van der Waals surface area contributed by atoms with E-state index in [0.29, 0.717) is 29.0 Å². The van der Waals surface area contributed by atoms with E-state index in [1.165, 1.54) is 11.8 Å². The van der Waals surface area contributed by atoms with Gasteiger partial charge in [0.2, 0.25) is 5.13 Å². The topological polar surface area (TPSA) is 184 Å². The predicted molar refractivity (Wildman–Crippen MR) is 78.2 cm³/mol. The van der Waals surface area contributed by atoms with Crippen molar-refractivity contribution >= 4 is 40.3 Å². The lowest BCUT2D eigenvalue weighted by atomic mass is 10.7. The number of rotatable bonds is 7. The Hall–Kier alpha value is -2.15. The third kappa shape index (κ3) is 6.69. The Bertz CT molecular complexity index is 510. The first-order valence-corrected chi connectivity index (χ1v) is 7.12. The second-order valence-corrected chi connectivity index (χ2v) is 5.07. The van der Waals surface area contributed by atoms with Gasteiger partial charge < -0.3 is 22.5 Å². The minimum Gasteiger partial charge on any atom is -0.370 e. The van der Waals surface area contributed by atoms with Crippen molar-refractivity contribution in [3.05, 3.63) is 15.9 Å². The van der Waals surface area contributed by atoms with Crippen molar-refractivity contribution in [2.45, 2.75) is 5.75 Å². The Kier molecular flexibility index (Phi) is 6.45. The van der Waals surface area contributed by atoms with Crippen molar-refractivity contribution in [2.75, 3.05) is 12.3 Å². The van der Waals surface area contributed by atoms with Gasteiger partial charge in [0.25, 0.3) is 5.96 Å². The van der Waals surface area contributed by atoms with Crippen LogP contribution in [0, 0.1) is 10.1 Å². The van der Waals surface area contributed by atoms with Gasteiger partial charge in [-0.15, -0.1) is 0 Å². The number of hydrogen-bond donors (Lipinski definition) is 4. The summed E-state index contributed by atoms with van der Waals surface area (Å²) < 4.78 is 4.07. The molecule has 7 N–H and O–H groups in total. The summed E-state index contributed by atoms with van der Waals surface area (Å²) in [7, 11) is 0. The molecule has 0 fully saturated rings. The monoisotopic (exact) mass is 319 g/mol. The summed E-state index contributed by atoms with van der Waals surface area (Å²) >= 11 is 2.63. The maximum atomic E-state index is 10.0. The van der Waals surface area contributed by atoms with Gasteiger partial charge >= 0.3 is 0 Å². The number of guanidine groups is 2. The first kappa shape index (κ1) is 15.9. The summed E-state index contributed by atoms with van der Waals surface area (Å²) in [4.78, 5) is 17.9. The van der Waals surface area contributed by atoms with Crippen molar-refractivity contribution in [2.24, 2.45) is 27.3 Å². The average Bonchev–Trinajstić information content (AvgIpc) is 2.74. The van der Waals surface area contributed by atoms with E-state index in [2.05, 4.69) is 24.8 Å². The molecule has 0 aliphatic heterocycles. The minimum atomic E-state index is -0.861. The number of aromatic nitrogens is 2. The van der Waals surface area contributed by atoms with E-state index < -0.39 is 5.03 Å². The molecule has 0 unspecified atom stereocenters. The summed E-state index contributed by atoms with van der Waals surface area (Å²) in [5.41, 5.74) is 15.7. The second kappa shape index (κ2) is 8.11. The summed E-state index contributed by atoms with van der Waals surface area (Å²) in [5.74, 6) is 1.56. The first-order chi connectivity index (χ1) is 9.47.